The monoisotopic (exact) mass is 260 g/mol. The van der Waals surface area contributed by atoms with E-state index in [0.717, 1.165) is 36.0 Å². The Morgan fingerprint density at radius 2 is 2.05 bits per heavy atom. The van der Waals surface area contributed by atoms with Gasteiger partial charge in [-0.1, -0.05) is 38.3 Å². The van der Waals surface area contributed by atoms with Crippen LogP contribution in [0, 0.1) is 6.92 Å². The van der Waals surface area contributed by atoms with Crippen LogP contribution in [0.25, 0.3) is 0 Å². The van der Waals surface area contributed by atoms with Gasteiger partial charge < -0.3 is 4.74 Å². The molecule has 0 N–H and O–H groups in total. The first-order valence-corrected chi connectivity index (χ1v) is 7.05. The lowest BCUT2D eigenvalue weighted by Crippen LogP contribution is -2.04. The van der Waals surface area contributed by atoms with Gasteiger partial charge in [0.2, 0.25) is 0 Å². The van der Waals surface area contributed by atoms with Gasteiger partial charge in [0.05, 0.1) is 12.2 Å². The second kappa shape index (κ2) is 8.52. The fraction of sp³-hybridized carbons (Fsp3) is 0.471. The maximum atomic E-state index is 11.2. The minimum Gasteiger partial charge on any atom is -0.493 e. The number of aldehydes is 1. The van der Waals surface area contributed by atoms with Gasteiger partial charge >= 0.3 is 0 Å². The summed E-state index contributed by atoms with van der Waals surface area (Å²) in [4.78, 5) is 11.2. The maximum Gasteiger partial charge on any atom is 0.153 e. The van der Waals surface area contributed by atoms with Crippen LogP contribution in [0.15, 0.2) is 24.8 Å². The summed E-state index contributed by atoms with van der Waals surface area (Å²) in [5.74, 6) is 0.733. The molecular weight excluding hydrogens is 236 g/mol. The van der Waals surface area contributed by atoms with E-state index in [1.54, 1.807) is 0 Å². The zero-order valence-electron chi connectivity index (χ0n) is 12.1. The Bertz CT molecular complexity index is 422. The van der Waals surface area contributed by atoms with E-state index < -0.39 is 0 Å². The van der Waals surface area contributed by atoms with Crippen LogP contribution in [0.5, 0.6) is 5.75 Å². The number of ether oxygens (including phenoxy) is 1. The third-order valence-corrected chi connectivity index (χ3v) is 3.07. The minimum absolute atomic E-state index is 0.646. The average molecular weight is 260 g/mol. The number of carbonyl (C=O) groups excluding carboxylic acids is 1. The highest BCUT2D eigenvalue weighted by atomic mass is 16.5. The second-order valence-electron chi connectivity index (χ2n) is 4.86. The Morgan fingerprint density at radius 3 is 2.68 bits per heavy atom. The Kier molecular flexibility index (Phi) is 6.94. The number of hydrogen-bond acceptors (Lipinski definition) is 2. The standard InChI is InChI=1S/C17H24O2/c1-4-6-7-8-10-19-17-15(9-5-2)11-14(3)12-16(17)13-18/h5,11-13H,2,4,6-10H2,1,3H3. The molecule has 19 heavy (non-hydrogen) atoms. The highest BCUT2D eigenvalue weighted by Gasteiger charge is 2.10. The number of hydrogen-bond donors (Lipinski definition) is 0. The van der Waals surface area contributed by atoms with E-state index >= 15 is 0 Å². The van der Waals surface area contributed by atoms with E-state index in [0.29, 0.717) is 12.2 Å². The molecule has 0 aromatic heterocycles. The van der Waals surface area contributed by atoms with Gasteiger partial charge in [-0.25, -0.2) is 0 Å². The van der Waals surface area contributed by atoms with Crippen LogP contribution in [0.2, 0.25) is 0 Å². The van der Waals surface area contributed by atoms with Gasteiger partial charge in [-0.3, -0.25) is 4.79 Å². The lowest BCUT2D eigenvalue weighted by atomic mass is 10.0. The lowest BCUT2D eigenvalue weighted by molar-refractivity contribution is 0.111. The Hall–Kier alpha value is -1.57. The van der Waals surface area contributed by atoms with Crippen molar-refractivity contribution in [3.8, 4) is 5.75 Å². The Morgan fingerprint density at radius 1 is 1.26 bits per heavy atom. The van der Waals surface area contributed by atoms with E-state index in [1.807, 2.05) is 19.1 Å². The molecule has 0 atom stereocenters. The number of benzene rings is 1. The van der Waals surface area contributed by atoms with Crippen LogP contribution in [0.1, 0.15) is 54.1 Å². The van der Waals surface area contributed by atoms with Crippen molar-refractivity contribution in [2.24, 2.45) is 0 Å². The summed E-state index contributed by atoms with van der Waals surface area (Å²) in [5, 5.41) is 0. The van der Waals surface area contributed by atoms with Crippen molar-refractivity contribution in [1.29, 1.82) is 0 Å². The maximum absolute atomic E-state index is 11.2. The van der Waals surface area contributed by atoms with E-state index in [1.165, 1.54) is 19.3 Å². The Labute approximate surface area is 116 Å². The van der Waals surface area contributed by atoms with Gasteiger partial charge in [0.1, 0.15) is 5.75 Å². The van der Waals surface area contributed by atoms with Crippen molar-refractivity contribution in [1.82, 2.24) is 0 Å². The molecule has 0 aliphatic rings. The molecule has 0 unspecified atom stereocenters. The van der Waals surface area contributed by atoms with Crippen LogP contribution < -0.4 is 4.74 Å². The Balaban J connectivity index is 2.77. The topological polar surface area (TPSA) is 26.3 Å². The van der Waals surface area contributed by atoms with E-state index in [4.69, 9.17) is 4.74 Å². The summed E-state index contributed by atoms with van der Waals surface area (Å²) >= 11 is 0. The molecule has 0 amide bonds. The highest BCUT2D eigenvalue weighted by molar-refractivity contribution is 5.80. The molecule has 0 bridgehead atoms. The molecule has 0 saturated heterocycles. The third kappa shape index (κ3) is 4.90. The number of aryl methyl sites for hydroxylation is 1. The molecular formula is C17H24O2. The number of allylic oxidation sites excluding steroid dienone is 1. The highest BCUT2D eigenvalue weighted by Crippen LogP contribution is 2.26. The first-order valence-electron chi connectivity index (χ1n) is 7.05. The molecule has 0 aliphatic carbocycles. The molecule has 0 heterocycles. The van der Waals surface area contributed by atoms with Gasteiger partial charge in [0.15, 0.2) is 6.29 Å². The normalized spacial score (nSPS) is 10.2. The predicted octanol–water partition coefficient (Wildman–Crippen LogP) is 4.50. The summed E-state index contributed by atoms with van der Waals surface area (Å²) < 4.78 is 5.83. The summed E-state index contributed by atoms with van der Waals surface area (Å²) in [7, 11) is 0. The predicted molar refractivity (Wildman–Crippen MR) is 80.1 cm³/mol. The van der Waals surface area contributed by atoms with Gasteiger partial charge in [-0.05, 0) is 37.0 Å². The van der Waals surface area contributed by atoms with Crippen molar-refractivity contribution < 1.29 is 9.53 Å². The zero-order chi connectivity index (χ0) is 14.1. The fourth-order valence-corrected chi connectivity index (χ4v) is 2.15. The largest absolute Gasteiger partial charge is 0.493 e. The average Bonchev–Trinajstić information content (AvgIpc) is 2.40. The van der Waals surface area contributed by atoms with Gasteiger partial charge in [0.25, 0.3) is 0 Å². The van der Waals surface area contributed by atoms with Crippen LogP contribution >= 0.6 is 0 Å². The number of carbonyl (C=O) groups is 1. The molecule has 0 fully saturated rings. The van der Waals surface area contributed by atoms with E-state index in [2.05, 4.69) is 19.6 Å². The van der Waals surface area contributed by atoms with Gasteiger partial charge in [-0.2, -0.15) is 0 Å². The lowest BCUT2D eigenvalue weighted by Gasteiger charge is -2.14. The van der Waals surface area contributed by atoms with Crippen LogP contribution in [-0.2, 0) is 6.42 Å². The summed E-state index contributed by atoms with van der Waals surface area (Å²) in [6.07, 6.45) is 8.10. The van der Waals surface area contributed by atoms with Crippen molar-refractivity contribution in [3.05, 3.63) is 41.5 Å². The quantitative estimate of drug-likeness (QED) is 0.371. The van der Waals surface area contributed by atoms with Crippen LogP contribution in [-0.4, -0.2) is 12.9 Å². The molecule has 0 aliphatic heterocycles. The molecule has 1 aromatic rings. The number of unbranched alkanes of at least 4 members (excludes halogenated alkanes) is 3. The van der Waals surface area contributed by atoms with E-state index in [9.17, 15) is 4.79 Å². The van der Waals surface area contributed by atoms with Gasteiger partial charge in [0, 0.05) is 0 Å². The molecule has 2 heteroatoms. The first-order chi connectivity index (χ1) is 9.22. The molecule has 0 saturated carbocycles. The molecule has 104 valence electrons. The van der Waals surface area contributed by atoms with Crippen molar-refractivity contribution in [3.63, 3.8) is 0 Å². The zero-order valence-corrected chi connectivity index (χ0v) is 12.1. The second-order valence-corrected chi connectivity index (χ2v) is 4.86. The minimum atomic E-state index is 0.646. The van der Waals surface area contributed by atoms with Gasteiger partial charge in [-0.15, -0.1) is 6.58 Å². The smallest absolute Gasteiger partial charge is 0.153 e. The van der Waals surface area contributed by atoms with Crippen molar-refractivity contribution in [2.75, 3.05) is 6.61 Å². The third-order valence-electron chi connectivity index (χ3n) is 3.07. The molecule has 0 spiro atoms. The van der Waals surface area contributed by atoms with Crippen LogP contribution in [0.3, 0.4) is 0 Å². The SMILES string of the molecule is C=CCc1cc(C)cc(C=O)c1OCCCCCC. The molecule has 2 nitrogen and oxygen atoms in total. The van der Waals surface area contributed by atoms with Crippen LogP contribution in [0.4, 0.5) is 0 Å². The first kappa shape index (κ1) is 15.5. The van der Waals surface area contributed by atoms with Crippen molar-refractivity contribution in [2.45, 2.75) is 46.0 Å². The summed E-state index contributed by atoms with van der Waals surface area (Å²) in [5.41, 5.74) is 2.78. The molecule has 1 rings (SSSR count). The van der Waals surface area contributed by atoms with Crippen molar-refractivity contribution >= 4 is 6.29 Å². The fourth-order valence-electron chi connectivity index (χ4n) is 2.15. The molecule has 0 radical (unpaired) electrons. The summed E-state index contributed by atoms with van der Waals surface area (Å²) in [6.45, 7) is 8.61. The number of rotatable bonds is 9. The summed E-state index contributed by atoms with van der Waals surface area (Å²) in [6, 6.07) is 3.94. The molecule has 1 aromatic carbocycles. The van der Waals surface area contributed by atoms with E-state index in [-0.39, 0.29) is 0 Å².